The Morgan fingerprint density at radius 3 is 2.56 bits per heavy atom. The predicted molar refractivity (Wildman–Crippen MR) is 46.4 cm³/mol. The summed E-state index contributed by atoms with van der Waals surface area (Å²) in [5, 5.41) is 0. The molecule has 0 aromatic carbocycles. The lowest BCUT2D eigenvalue weighted by molar-refractivity contribution is -0.143. The Labute approximate surface area is 88.3 Å². The first-order valence-electron chi connectivity index (χ1n) is 4.15. The van der Waals surface area contributed by atoms with Crippen LogP contribution in [0.5, 0.6) is 0 Å². The van der Waals surface area contributed by atoms with E-state index in [4.69, 9.17) is 5.73 Å². The lowest BCUT2D eigenvalue weighted by atomic mass is 10.1. The summed E-state index contributed by atoms with van der Waals surface area (Å²) in [6.07, 6.45) is -2.99. The Morgan fingerprint density at radius 2 is 2.12 bits per heavy atom. The number of hydrogen-bond acceptors (Lipinski definition) is 2. The van der Waals surface area contributed by atoms with Gasteiger partial charge in [0.25, 0.3) is 0 Å². The lowest BCUT2D eigenvalue weighted by Crippen LogP contribution is -2.13. The van der Waals surface area contributed by atoms with Crippen molar-refractivity contribution in [3.05, 3.63) is 35.8 Å². The number of pyridine rings is 1. The fourth-order valence-electron chi connectivity index (χ4n) is 0.991. The van der Waals surface area contributed by atoms with Crippen LogP contribution in [0.4, 0.5) is 17.6 Å². The summed E-state index contributed by atoms with van der Waals surface area (Å²) in [4.78, 5) is 13.3. The summed E-state index contributed by atoms with van der Waals surface area (Å²) in [5.74, 6) is -2.15. The van der Waals surface area contributed by atoms with Crippen molar-refractivity contribution in [3.8, 4) is 0 Å². The summed E-state index contributed by atoms with van der Waals surface area (Å²) in [6, 6.07) is 0.652. The molecule has 87 valence electrons. The number of carbonyl (C=O) groups excluding carboxylic acids is 1. The third-order valence-corrected chi connectivity index (χ3v) is 1.67. The van der Waals surface area contributed by atoms with Crippen LogP contribution in [0.25, 0.3) is 0 Å². The first-order chi connectivity index (χ1) is 7.30. The molecule has 0 spiro atoms. The molecule has 1 aromatic rings. The molecule has 0 atom stereocenters. The Balaban J connectivity index is 2.87. The molecule has 0 aliphatic rings. The van der Waals surface area contributed by atoms with Crippen molar-refractivity contribution in [2.45, 2.75) is 12.6 Å². The SMILES string of the molecule is NC(=O)C[CH]c1cnc(C(F)(F)F)c(F)c1. The van der Waals surface area contributed by atoms with Gasteiger partial charge < -0.3 is 5.73 Å². The highest BCUT2D eigenvalue weighted by molar-refractivity contribution is 5.75. The van der Waals surface area contributed by atoms with Crippen molar-refractivity contribution in [1.82, 2.24) is 4.98 Å². The van der Waals surface area contributed by atoms with Crippen LogP contribution in [-0.2, 0) is 11.0 Å². The number of primary amides is 1. The van der Waals surface area contributed by atoms with Gasteiger partial charge in [-0.3, -0.25) is 4.79 Å². The van der Waals surface area contributed by atoms with Gasteiger partial charge in [-0.15, -0.1) is 0 Å². The molecule has 0 saturated heterocycles. The number of nitrogens with two attached hydrogens (primary N) is 1. The topological polar surface area (TPSA) is 56.0 Å². The van der Waals surface area contributed by atoms with E-state index in [0.29, 0.717) is 6.07 Å². The van der Waals surface area contributed by atoms with Crippen molar-refractivity contribution in [2.24, 2.45) is 5.73 Å². The average molecular weight is 235 g/mol. The molecule has 1 aromatic heterocycles. The molecule has 1 rings (SSSR count). The van der Waals surface area contributed by atoms with Gasteiger partial charge >= 0.3 is 6.18 Å². The van der Waals surface area contributed by atoms with Crippen LogP contribution in [0.15, 0.2) is 12.3 Å². The molecule has 0 bridgehead atoms. The average Bonchev–Trinajstić information content (AvgIpc) is 2.12. The first kappa shape index (κ1) is 12.4. The second-order valence-electron chi connectivity index (χ2n) is 2.97. The fraction of sp³-hybridized carbons (Fsp3) is 0.222. The van der Waals surface area contributed by atoms with Crippen molar-refractivity contribution in [3.63, 3.8) is 0 Å². The van der Waals surface area contributed by atoms with Gasteiger partial charge in [-0.1, -0.05) is 0 Å². The molecule has 1 radical (unpaired) electrons. The van der Waals surface area contributed by atoms with E-state index in [0.717, 1.165) is 6.20 Å². The third-order valence-electron chi connectivity index (χ3n) is 1.67. The quantitative estimate of drug-likeness (QED) is 0.810. The van der Waals surface area contributed by atoms with Gasteiger partial charge in [0, 0.05) is 19.0 Å². The second kappa shape index (κ2) is 4.46. The molecule has 0 unspecified atom stereocenters. The smallest absolute Gasteiger partial charge is 0.370 e. The van der Waals surface area contributed by atoms with Crippen LogP contribution < -0.4 is 5.73 Å². The third kappa shape index (κ3) is 3.18. The van der Waals surface area contributed by atoms with Crippen molar-refractivity contribution in [1.29, 1.82) is 0 Å². The van der Waals surface area contributed by atoms with Gasteiger partial charge in [-0.25, -0.2) is 9.37 Å². The van der Waals surface area contributed by atoms with Gasteiger partial charge in [0.05, 0.1) is 0 Å². The summed E-state index contributed by atoms with van der Waals surface area (Å²) < 4.78 is 49.3. The van der Waals surface area contributed by atoms with Crippen LogP contribution >= 0.6 is 0 Å². The Hall–Kier alpha value is -1.66. The monoisotopic (exact) mass is 235 g/mol. The summed E-state index contributed by atoms with van der Waals surface area (Å²) in [7, 11) is 0. The highest BCUT2D eigenvalue weighted by Crippen LogP contribution is 2.29. The number of alkyl halides is 3. The van der Waals surface area contributed by atoms with Gasteiger partial charge in [0.1, 0.15) is 0 Å². The van der Waals surface area contributed by atoms with Crippen LogP contribution in [0.1, 0.15) is 17.7 Å². The Morgan fingerprint density at radius 1 is 1.50 bits per heavy atom. The summed E-state index contributed by atoms with van der Waals surface area (Å²) in [5.41, 5.74) is 3.31. The molecule has 16 heavy (non-hydrogen) atoms. The molecule has 3 nitrogen and oxygen atoms in total. The number of amides is 1. The Kier molecular flexibility index (Phi) is 3.46. The van der Waals surface area contributed by atoms with E-state index in [1.54, 1.807) is 0 Å². The molecule has 7 heteroatoms. The zero-order valence-electron chi connectivity index (χ0n) is 7.88. The van der Waals surface area contributed by atoms with E-state index < -0.39 is 23.6 Å². The van der Waals surface area contributed by atoms with E-state index in [1.165, 1.54) is 6.42 Å². The van der Waals surface area contributed by atoms with E-state index in [1.807, 2.05) is 0 Å². The molecular weight excluding hydrogens is 228 g/mol. The normalized spacial score (nSPS) is 11.5. The minimum absolute atomic E-state index is 0.0734. The van der Waals surface area contributed by atoms with Crippen molar-refractivity contribution in [2.75, 3.05) is 0 Å². The second-order valence-corrected chi connectivity index (χ2v) is 2.97. The van der Waals surface area contributed by atoms with E-state index in [9.17, 15) is 22.4 Å². The minimum Gasteiger partial charge on any atom is -0.370 e. The predicted octanol–water partition coefficient (Wildman–Crippen LogP) is 1.67. The number of nitrogens with zero attached hydrogens (tertiary/aromatic N) is 1. The molecule has 0 aliphatic heterocycles. The van der Waals surface area contributed by atoms with Gasteiger partial charge in [0.15, 0.2) is 11.5 Å². The van der Waals surface area contributed by atoms with Gasteiger partial charge in [0.2, 0.25) is 5.91 Å². The number of rotatable bonds is 3. The summed E-state index contributed by atoms with van der Waals surface area (Å²) >= 11 is 0. The van der Waals surface area contributed by atoms with E-state index in [2.05, 4.69) is 4.98 Å². The van der Waals surface area contributed by atoms with Crippen LogP contribution in [-0.4, -0.2) is 10.9 Å². The highest BCUT2D eigenvalue weighted by Gasteiger charge is 2.35. The molecule has 0 aliphatic carbocycles. The molecule has 1 heterocycles. The molecule has 0 saturated carbocycles. The fourth-order valence-corrected chi connectivity index (χ4v) is 0.991. The maximum atomic E-state index is 13.0. The maximum Gasteiger partial charge on any atom is 0.436 e. The van der Waals surface area contributed by atoms with Gasteiger partial charge in [-0.05, 0) is 11.6 Å². The molecule has 2 N–H and O–H groups in total. The van der Waals surface area contributed by atoms with Crippen LogP contribution in [0, 0.1) is 12.2 Å². The molecular formula is C9H7F4N2O. The van der Waals surface area contributed by atoms with Crippen LogP contribution in [0.3, 0.4) is 0 Å². The standard InChI is InChI=1S/C9H7F4N2O/c10-6-3-5(1-2-7(14)16)4-15-8(6)9(11,12)13/h1,3-4H,2H2,(H2,14,16). The largest absolute Gasteiger partial charge is 0.436 e. The van der Waals surface area contributed by atoms with Gasteiger partial charge in [-0.2, -0.15) is 13.2 Å². The van der Waals surface area contributed by atoms with Crippen LogP contribution in [0.2, 0.25) is 0 Å². The first-order valence-corrected chi connectivity index (χ1v) is 4.15. The van der Waals surface area contributed by atoms with E-state index >= 15 is 0 Å². The number of halogens is 4. The number of hydrogen-bond donors (Lipinski definition) is 1. The zero-order valence-corrected chi connectivity index (χ0v) is 7.88. The summed E-state index contributed by atoms with van der Waals surface area (Å²) in [6.45, 7) is 0. The van der Waals surface area contributed by atoms with E-state index in [-0.39, 0.29) is 12.0 Å². The minimum atomic E-state index is -4.83. The number of aromatic nitrogens is 1. The highest BCUT2D eigenvalue weighted by atomic mass is 19.4. The maximum absolute atomic E-state index is 13.0. The molecule has 0 fully saturated rings. The van der Waals surface area contributed by atoms with Crippen molar-refractivity contribution < 1.29 is 22.4 Å². The Bertz CT molecular complexity index is 403. The molecule has 1 amide bonds. The van der Waals surface area contributed by atoms with Crippen molar-refractivity contribution >= 4 is 5.91 Å². The zero-order chi connectivity index (χ0) is 12.3. The lowest BCUT2D eigenvalue weighted by Gasteiger charge is -2.07. The number of carbonyl (C=O) groups is 1.